The van der Waals surface area contributed by atoms with E-state index < -0.39 is 0 Å². The molecule has 1 aliphatic rings. The number of rotatable bonds is 4. The molecule has 0 aliphatic carbocycles. The summed E-state index contributed by atoms with van der Waals surface area (Å²) in [6.45, 7) is 4.45. The van der Waals surface area contributed by atoms with E-state index in [0.717, 1.165) is 36.1 Å². The Labute approximate surface area is 134 Å². The van der Waals surface area contributed by atoms with Crippen LogP contribution in [-0.2, 0) is 4.79 Å². The van der Waals surface area contributed by atoms with E-state index in [1.54, 1.807) is 0 Å². The lowest BCUT2D eigenvalue weighted by Crippen LogP contribution is -2.39. The molecule has 118 valence electrons. The summed E-state index contributed by atoms with van der Waals surface area (Å²) in [5, 5.41) is 12.7. The number of hydrogen-bond donors (Lipinski definition) is 2. The van der Waals surface area contributed by atoms with Gasteiger partial charge < -0.3 is 10.4 Å². The maximum absolute atomic E-state index is 12.1. The minimum absolute atomic E-state index is 0.0155. The standard InChI is InChI=1S/C16H21N3O2S/c1-11-2-3-13-14(8-11)22-16(17-13)18-15(21)9-19-6-4-12(10-20)5-7-19/h2-3,8,12,20H,4-7,9-10H2,1H3,(H,17,18,21). The molecule has 1 saturated heterocycles. The minimum atomic E-state index is -0.0155. The molecule has 0 unspecified atom stereocenters. The Bertz CT molecular complexity index is 662. The van der Waals surface area contributed by atoms with E-state index in [0.29, 0.717) is 17.6 Å². The number of carbonyl (C=O) groups is 1. The number of hydrogen-bond acceptors (Lipinski definition) is 5. The molecule has 0 spiro atoms. The Morgan fingerprint density at radius 3 is 2.95 bits per heavy atom. The molecule has 2 N–H and O–H groups in total. The summed E-state index contributed by atoms with van der Waals surface area (Å²) in [6.07, 6.45) is 1.92. The summed E-state index contributed by atoms with van der Waals surface area (Å²) in [7, 11) is 0. The average molecular weight is 319 g/mol. The van der Waals surface area contributed by atoms with Crippen LogP contribution < -0.4 is 5.32 Å². The molecule has 1 aliphatic heterocycles. The van der Waals surface area contributed by atoms with Crippen LogP contribution in [0.4, 0.5) is 5.13 Å². The minimum Gasteiger partial charge on any atom is -0.396 e. The average Bonchev–Trinajstić information content (AvgIpc) is 2.89. The second-order valence-corrected chi connectivity index (χ2v) is 6.97. The molecule has 6 heteroatoms. The second-order valence-electron chi connectivity index (χ2n) is 5.94. The first kappa shape index (κ1) is 15.4. The van der Waals surface area contributed by atoms with E-state index in [1.165, 1.54) is 16.9 Å². The molecule has 0 atom stereocenters. The number of benzene rings is 1. The van der Waals surface area contributed by atoms with Gasteiger partial charge in [0.25, 0.3) is 0 Å². The zero-order chi connectivity index (χ0) is 15.5. The van der Waals surface area contributed by atoms with Crippen molar-refractivity contribution in [3.8, 4) is 0 Å². The number of thiazole rings is 1. The molecule has 1 aromatic heterocycles. The van der Waals surface area contributed by atoms with Gasteiger partial charge in [-0.15, -0.1) is 0 Å². The summed E-state index contributed by atoms with van der Waals surface area (Å²) in [4.78, 5) is 18.7. The van der Waals surface area contributed by atoms with Gasteiger partial charge in [0.05, 0.1) is 16.8 Å². The van der Waals surface area contributed by atoms with Crippen LogP contribution in [-0.4, -0.2) is 47.1 Å². The van der Waals surface area contributed by atoms with Gasteiger partial charge in [0.1, 0.15) is 0 Å². The van der Waals surface area contributed by atoms with Crippen molar-refractivity contribution in [2.75, 3.05) is 31.6 Å². The van der Waals surface area contributed by atoms with Gasteiger partial charge in [0.2, 0.25) is 5.91 Å². The lowest BCUT2D eigenvalue weighted by Gasteiger charge is -2.30. The van der Waals surface area contributed by atoms with E-state index >= 15 is 0 Å². The molecule has 1 aromatic carbocycles. The van der Waals surface area contributed by atoms with Crippen molar-refractivity contribution in [1.29, 1.82) is 0 Å². The predicted octanol–water partition coefficient (Wildman–Crippen LogP) is 2.25. The van der Waals surface area contributed by atoms with Crippen LogP contribution in [0.25, 0.3) is 10.2 Å². The summed E-state index contributed by atoms with van der Waals surface area (Å²) < 4.78 is 1.10. The first-order valence-electron chi connectivity index (χ1n) is 7.64. The molecular formula is C16H21N3O2S. The number of aryl methyl sites for hydroxylation is 1. The van der Waals surface area contributed by atoms with Crippen LogP contribution in [0.5, 0.6) is 0 Å². The lowest BCUT2D eigenvalue weighted by atomic mass is 9.98. The van der Waals surface area contributed by atoms with Crippen LogP contribution >= 0.6 is 11.3 Å². The molecular weight excluding hydrogens is 298 g/mol. The summed E-state index contributed by atoms with van der Waals surface area (Å²) in [5.41, 5.74) is 2.12. The highest BCUT2D eigenvalue weighted by Crippen LogP contribution is 2.26. The Hall–Kier alpha value is -1.50. The molecule has 0 bridgehead atoms. The van der Waals surface area contributed by atoms with Gasteiger partial charge in [-0.1, -0.05) is 17.4 Å². The highest BCUT2D eigenvalue weighted by atomic mass is 32.1. The highest BCUT2D eigenvalue weighted by Gasteiger charge is 2.20. The zero-order valence-electron chi connectivity index (χ0n) is 12.7. The summed E-state index contributed by atoms with van der Waals surface area (Å²) >= 11 is 1.51. The van der Waals surface area contributed by atoms with Crippen LogP contribution in [0.1, 0.15) is 18.4 Å². The fraction of sp³-hybridized carbons (Fsp3) is 0.500. The van der Waals surface area contributed by atoms with Gasteiger partial charge in [0.15, 0.2) is 5.13 Å². The van der Waals surface area contributed by atoms with Crippen molar-refractivity contribution < 1.29 is 9.90 Å². The number of anilines is 1. The highest BCUT2D eigenvalue weighted by molar-refractivity contribution is 7.22. The number of nitrogens with zero attached hydrogens (tertiary/aromatic N) is 2. The molecule has 2 aromatic rings. The topological polar surface area (TPSA) is 65.5 Å². The van der Waals surface area contributed by atoms with Crippen LogP contribution in [0.2, 0.25) is 0 Å². The fourth-order valence-corrected chi connectivity index (χ4v) is 3.75. The normalized spacial score (nSPS) is 17.0. The van der Waals surface area contributed by atoms with Crippen LogP contribution in [0.15, 0.2) is 18.2 Å². The first-order chi connectivity index (χ1) is 10.6. The second kappa shape index (κ2) is 6.73. The Morgan fingerprint density at radius 1 is 1.45 bits per heavy atom. The monoisotopic (exact) mass is 319 g/mol. The maximum atomic E-state index is 12.1. The van der Waals surface area contributed by atoms with Gasteiger partial charge in [0, 0.05) is 6.61 Å². The SMILES string of the molecule is Cc1ccc2nc(NC(=O)CN3CCC(CO)CC3)sc2c1. The first-order valence-corrected chi connectivity index (χ1v) is 8.46. The number of piperidine rings is 1. The molecule has 5 nitrogen and oxygen atoms in total. The third kappa shape index (κ3) is 3.63. The van der Waals surface area contributed by atoms with Gasteiger partial charge >= 0.3 is 0 Å². The Kier molecular flexibility index (Phi) is 4.71. The van der Waals surface area contributed by atoms with Crippen molar-refractivity contribution >= 4 is 32.6 Å². The molecule has 22 heavy (non-hydrogen) atoms. The zero-order valence-corrected chi connectivity index (χ0v) is 13.5. The molecule has 1 fully saturated rings. The van der Waals surface area contributed by atoms with Gasteiger partial charge in [-0.25, -0.2) is 4.98 Å². The molecule has 2 heterocycles. The number of likely N-dealkylation sites (tertiary alicyclic amines) is 1. The Morgan fingerprint density at radius 2 is 2.23 bits per heavy atom. The number of aliphatic hydroxyl groups is 1. The third-order valence-corrected chi connectivity index (χ3v) is 5.06. The number of amides is 1. The summed E-state index contributed by atoms with van der Waals surface area (Å²) in [5.74, 6) is 0.380. The van der Waals surface area contributed by atoms with E-state index in [9.17, 15) is 4.79 Å². The number of fused-ring (bicyclic) bond motifs is 1. The van der Waals surface area contributed by atoms with Gasteiger partial charge in [-0.05, 0) is 56.5 Å². The van der Waals surface area contributed by atoms with Crippen molar-refractivity contribution in [3.63, 3.8) is 0 Å². The van der Waals surface area contributed by atoms with E-state index in [-0.39, 0.29) is 12.5 Å². The van der Waals surface area contributed by atoms with Crippen molar-refractivity contribution in [2.24, 2.45) is 5.92 Å². The number of carbonyl (C=O) groups excluding carboxylic acids is 1. The molecule has 1 amide bonds. The quantitative estimate of drug-likeness (QED) is 0.907. The summed E-state index contributed by atoms with van der Waals surface area (Å²) in [6, 6.07) is 6.10. The lowest BCUT2D eigenvalue weighted by molar-refractivity contribution is -0.117. The van der Waals surface area contributed by atoms with Crippen molar-refractivity contribution in [2.45, 2.75) is 19.8 Å². The number of nitrogens with one attached hydrogen (secondary N) is 1. The third-order valence-electron chi connectivity index (χ3n) is 4.12. The van der Waals surface area contributed by atoms with Gasteiger partial charge in [-0.2, -0.15) is 0 Å². The van der Waals surface area contributed by atoms with E-state index in [4.69, 9.17) is 5.11 Å². The maximum Gasteiger partial charge on any atom is 0.240 e. The fourth-order valence-electron chi connectivity index (χ4n) is 2.77. The number of aliphatic hydroxyl groups excluding tert-OH is 1. The molecule has 3 rings (SSSR count). The largest absolute Gasteiger partial charge is 0.396 e. The van der Waals surface area contributed by atoms with Crippen LogP contribution in [0, 0.1) is 12.8 Å². The van der Waals surface area contributed by atoms with Crippen molar-refractivity contribution in [1.82, 2.24) is 9.88 Å². The molecule has 0 radical (unpaired) electrons. The van der Waals surface area contributed by atoms with Crippen LogP contribution in [0.3, 0.4) is 0 Å². The van der Waals surface area contributed by atoms with Gasteiger partial charge in [-0.3, -0.25) is 9.69 Å². The Balaban J connectivity index is 1.56. The smallest absolute Gasteiger partial charge is 0.240 e. The predicted molar refractivity (Wildman–Crippen MR) is 89.2 cm³/mol. The number of aromatic nitrogens is 1. The molecule has 0 saturated carbocycles. The van der Waals surface area contributed by atoms with E-state index in [2.05, 4.69) is 21.3 Å². The van der Waals surface area contributed by atoms with E-state index in [1.807, 2.05) is 19.1 Å². The van der Waals surface area contributed by atoms with Crippen molar-refractivity contribution in [3.05, 3.63) is 23.8 Å².